The number of β-amino-alcohol motifs (C(OH)–C–C–N with tert-alkyl or cyclic N) is 2. The SMILES string of the molecule is CNc1snnc1CN1CC(O)C(O)C1. The van der Waals surface area contributed by atoms with Crippen molar-refractivity contribution in [2.45, 2.75) is 18.8 Å². The first-order chi connectivity index (χ1) is 7.20. The molecular formula is C8H14N4O2S. The first-order valence-electron chi connectivity index (χ1n) is 4.78. The van der Waals surface area contributed by atoms with Crippen LogP contribution in [0.1, 0.15) is 5.69 Å². The minimum absolute atomic E-state index is 0.488. The Morgan fingerprint density at radius 2 is 2.13 bits per heavy atom. The second kappa shape index (κ2) is 4.40. The smallest absolute Gasteiger partial charge is 0.134 e. The van der Waals surface area contributed by atoms with E-state index in [0.717, 1.165) is 10.7 Å². The van der Waals surface area contributed by atoms with E-state index >= 15 is 0 Å². The number of rotatable bonds is 3. The standard InChI is InChI=1S/C8H14N4O2S/c1-9-8-5(10-11-15-8)2-12-3-6(13)7(14)4-12/h6-7,9,13-14H,2-4H2,1H3. The Morgan fingerprint density at radius 1 is 1.47 bits per heavy atom. The lowest BCUT2D eigenvalue weighted by Crippen LogP contribution is -2.22. The molecule has 0 radical (unpaired) electrons. The third-order valence-corrected chi connectivity index (χ3v) is 3.28. The molecule has 84 valence electrons. The lowest BCUT2D eigenvalue weighted by atomic mass is 10.3. The van der Waals surface area contributed by atoms with Gasteiger partial charge in [-0.15, -0.1) is 5.10 Å². The molecule has 1 aliphatic rings. The molecule has 2 unspecified atom stereocenters. The fourth-order valence-corrected chi connectivity index (χ4v) is 2.21. The number of hydrogen-bond donors (Lipinski definition) is 3. The normalized spacial score (nSPS) is 27.1. The Kier molecular flexibility index (Phi) is 3.15. The highest BCUT2D eigenvalue weighted by atomic mass is 32.1. The molecule has 0 aliphatic carbocycles. The number of anilines is 1. The van der Waals surface area contributed by atoms with Crippen LogP contribution in [-0.2, 0) is 6.54 Å². The molecule has 1 fully saturated rings. The summed E-state index contributed by atoms with van der Waals surface area (Å²) in [4.78, 5) is 1.97. The van der Waals surface area contributed by atoms with E-state index < -0.39 is 12.2 Å². The fraction of sp³-hybridized carbons (Fsp3) is 0.750. The van der Waals surface area contributed by atoms with Crippen molar-refractivity contribution >= 4 is 16.5 Å². The summed E-state index contributed by atoms with van der Waals surface area (Å²) in [6, 6.07) is 0. The van der Waals surface area contributed by atoms with E-state index in [4.69, 9.17) is 0 Å². The highest BCUT2D eigenvalue weighted by Gasteiger charge is 2.30. The van der Waals surface area contributed by atoms with Gasteiger partial charge in [-0.05, 0) is 0 Å². The van der Waals surface area contributed by atoms with Crippen LogP contribution < -0.4 is 5.32 Å². The van der Waals surface area contributed by atoms with Crippen LogP contribution in [0.2, 0.25) is 0 Å². The molecule has 0 bridgehead atoms. The highest BCUT2D eigenvalue weighted by Crippen LogP contribution is 2.20. The number of aliphatic hydroxyl groups is 2. The van der Waals surface area contributed by atoms with E-state index in [-0.39, 0.29) is 0 Å². The van der Waals surface area contributed by atoms with Crippen LogP contribution in [0.15, 0.2) is 0 Å². The van der Waals surface area contributed by atoms with Crippen LogP contribution in [0.25, 0.3) is 0 Å². The van der Waals surface area contributed by atoms with Gasteiger partial charge in [0.05, 0.1) is 12.2 Å². The quantitative estimate of drug-likeness (QED) is 0.625. The second-order valence-electron chi connectivity index (χ2n) is 3.63. The summed E-state index contributed by atoms with van der Waals surface area (Å²) in [5, 5.41) is 26.7. The third kappa shape index (κ3) is 2.25. The van der Waals surface area contributed by atoms with Gasteiger partial charge in [0.25, 0.3) is 0 Å². The molecule has 1 aromatic rings. The summed E-state index contributed by atoms with van der Waals surface area (Å²) in [6.07, 6.45) is -1.29. The fourth-order valence-electron chi connectivity index (χ4n) is 1.69. The van der Waals surface area contributed by atoms with E-state index in [1.54, 1.807) is 0 Å². The molecule has 1 aromatic heterocycles. The highest BCUT2D eigenvalue weighted by molar-refractivity contribution is 7.10. The molecule has 7 heteroatoms. The van der Waals surface area contributed by atoms with Gasteiger partial charge in [0, 0.05) is 38.2 Å². The average Bonchev–Trinajstić information content (AvgIpc) is 2.75. The van der Waals surface area contributed by atoms with Crippen molar-refractivity contribution in [2.24, 2.45) is 0 Å². The minimum Gasteiger partial charge on any atom is -0.389 e. The van der Waals surface area contributed by atoms with Crippen molar-refractivity contribution in [1.29, 1.82) is 0 Å². The van der Waals surface area contributed by atoms with Crippen molar-refractivity contribution in [3.63, 3.8) is 0 Å². The molecule has 3 N–H and O–H groups in total. The summed E-state index contributed by atoms with van der Waals surface area (Å²) in [6.45, 7) is 1.59. The van der Waals surface area contributed by atoms with Gasteiger partial charge in [-0.25, -0.2) is 0 Å². The molecule has 2 rings (SSSR count). The van der Waals surface area contributed by atoms with Crippen molar-refractivity contribution in [3.05, 3.63) is 5.69 Å². The van der Waals surface area contributed by atoms with E-state index in [1.807, 2.05) is 11.9 Å². The Labute approximate surface area is 91.7 Å². The molecule has 2 atom stereocenters. The lowest BCUT2D eigenvalue weighted by Gasteiger charge is -2.12. The maximum absolute atomic E-state index is 9.38. The van der Waals surface area contributed by atoms with Gasteiger partial charge in [0.15, 0.2) is 0 Å². The maximum atomic E-state index is 9.38. The topological polar surface area (TPSA) is 81.5 Å². The molecule has 15 heavy (non-hydrogen) atoms. The summed E-state index contributed by atoms with van der Waals surface area (Å²) >= 11 is 1.31. The first-order valence-corrected chi connectivity index (χ1v) is 5.55. The molecule has 2 heterocycles. The number of likely N-dealkylation sites (tertiary alicyclic amines) is 1. The number of nitrogens with one attached hydrogen (secondary N) is 1. The van der Waals surface area contributed by atoms with Gasteiger partial charge < -0.3 is 15.5 Å². The van der Waals surface area contributed by atoms with Gasteiger partial charge in [0.2, 0.25) is 0 Å². The molecule has 0 spiro atoms. The Balaban J connectivity index is 1.98. The van der Waals surface area contributed by atoms with Gasteiger partial charge in [0.1, 0.15) is 10.7 Å². The van der Waals surface area contributed by atoms with Gasteiger partial charge in [-0.3, -0.25) is 4.90 Å². The van der Waals surface area contributed by atoms with Crippen molar-refractivity contribution in [3.8, 4) is 0 Å². The van der Waals surface area contributed by atoms with E-state index in [2.05, 4.69) is 14.9 Å². The number of nitrogens with zero attached hydrogens (tertiary/aromatic N) is 3. The third-order valence-electron chi connectivity index (χ3n) is 2.49. The van der Waals surface area contributed by atoms with Gasteiger partial charge in [-0.1, -0.05) is 4.49 Å². The van der Waals surface area contributed by atoms with E-state index in [1.165, 1.54) is 11.5 Å². The molecule has 0 aromatic carbocycles. The van der Waals surface area contributed by atoms with Crippen LogP contribution in [-0.4, -0.2) is 57.0 Å². The van der Waals surface area contributed by atoms with Gasteiger partial charge >= 0.3 is 0 Å². The van der Waals surface area contributed by atoms with Gasteiger partial charge in [-0.2, -0.15) is 0 Å². The van der Waals surface area contributed by atoms with Crippen LogP contribution in [0, 0.1) is 0 Å². The predicted molar refractivity (Wildman–Crippen MR) is 56.7 cm³/mol. The maximum Gasteiger partial charge on any atom is 0.134 e. The molecular weight excluding hydrogens is 216 g/mol. The van der Waals surface area contributed by atoms with Crippen LogP contribution in [0.3, 0.4) is 0 Å². The monoisotopic (exact) mass is 230 g/mol. The Morgan fingerprint density at radius 3 is 2.73 bits per heavy atom. The largest absolute Gasteiger partial charge is 0.389 e. The molecule has 1 aliphatic heterocycles. The van der Waals surface area contributed by atoms with Crippen molar-refractivity contribution in [2.75, 3.05) is 25.5 Å². The van der Waals surface area contributed by atoms with Crippen LogP contribution in [0.4, 0.5) is 5.00 Å². The zero-order valence-electron chi connectivity index (χ0n) is 8.42. The molecule has 0 amide bonds. The van der Waals surface area contributed by atoms with Crippen molar-refractivity contribution in [1.82, 2.24) is 14.5 Å². The molecule has 1 saturated heterocycles. The second-order valence-corrected chi connectivity index (χ2v) is 4.38. The Hall–Kier alpha value is -0.760. The zero-order chi connectivity index (χ0) is 10.8. The summed E-state index contributed by atoms with van der Waals surface area (Å²) in [5.41, 5.74) is 0.865. The average molecular weight is 230 g/mol. The summed E-state index contributed by atoms with van der Waals surface area (Å²) in [7, 11) is 1.83. The minimum atomic E-state index is -0.644. The van der Waals surface area contributed by atoms with Crippen LogP contribution in [0.5, 0.6) is 0 Å². The predicted octanol–water partition coefficient (Wildman–Crippen LogP) is -0.883. The van der Waals surface area contributed by atoms with E-state index in [0.29, 0.717) is 19.6 Å². The zero-order valence-corrected chi connectivity index (χ0v) is 9.24. The first kappa shape index (κ1) is 10.7. The summed E-state index contributed by atoms with van der Waals surface area (Å²) < 4.78 is 3.85. The van der Waals surface area contributed by atoms with E-state index in [9.17, 15) is 10.2 Å². The number of aromatic nitrogens is 2. The molecule has 0 saturated carbocycles. The Bertz CT molecular complexity index is 322. The van der Waals surface area contributed by atoms with Crippen LogP contribution >= 0.6 is 11.5 Å². The number of aliphatic hydroxyl groups excluding tert-OH is 2. The summed E-state index contributed by atoms with van der Waals surface area (Å²) in [5.74, 6) is 0. The number of hydrogen-bond acceptors (Lipinski definition) is 7. The molecule has 6 nitrogen and oxygen atoms in total. The lowest BCUT2D eigenvalue weighted by molar-refractivity contribution is 0.0572. The van der Waals surface area contributed by atoms with Crippen molar-refractivity contribution < 1.29 is 10.2 Å².